The highest BCUT2D eigenvalue weighted by atomic mass is 16.5. The summed E-state index contributed by atoms with van der Waals surface area (Å²) in [6.07, 6.45) is 88.1. The Balaban J connectivity index is 3.39. The number of hydrogen-bond acceptors (Lipinski definition) is 5. The monoisotopic (exact) mass is 1130 g/mol. The fourth-order valence-corrected chi connectivity index (χ4v) is 11.7. The summed E-state index contributed by atoms with van der Waals surface area (Å²) in [6.45, 7) is 4.99. The SMILES string of the molecule is CCCCCCCCCCCCCCCCCCCCCC(O)C(CO)NC(=O)CCCCCCCCCCCCCCC/C=C\C/C=C\CCCCCCCCCCCOC(=O)CCCCCCCCCCCCCCCCC. The normalized spacial score (nSPS) is 12.6. The average molecular weight is 1130 g/mol. The summed E-state index contributed by atoms with van der Waals surface area (Å²) in [5.41, 5.74) is 0. The molecule has 0 aromatic heterocycles. The van der Waals surface area contributed by atoms with E-state index in [2.05, 4.69) is 43.5 Å². The number of hydrogen-bond donors (Lipinski definition) is 3. The van der Waals surface area contributed by atoms with Crippen molar-refractivity contribution in [2.45, 2.75) is 424 Å². The van der Waals surface area contributed by atoms with Gasteiger partial charge in [0.1, 0.15) is 0 Å². The molecule has 1 amide bonds. The maximum absolute atomic E-state index is 12.5. The summed E-state index contributed by atoms with van der Waals surface area (Å²) in [5, 5.41) is 23.4. The van der Waals surface area contributed by atoms with Gasteiger partial charge in [-0.2, -0.15) is 0 Å². The molecule has 0 aliphatic carbocycles. The van der Waals surface area contributed by atoms with Gasteiger partial charge in [-0.1, -0.05) is 366 Å². The van der Waals surface area contributed by atoms with Crippen LogP contribution in [0.1, 0.15) is 412 Å². The van der Waals surface area contributed by atoms with Gasteiger partial charge < -0.3 is 20.3 Å². The van der Waals surface area contributed by atoms with E-state index < -0.39 is 12.1 Å². The third-order valence-corrected chi connectivity index (χ3v) is 17.3. The first-order valence-electron chi connectivity index (χ1n) is 36.6. The first-order chi connectivity index (χ1) is 39.5. The Labute approximate surface area is 501 Å². The summed E-state index contributed by atoms with van der Waals surface area (Å²) in [6, 6.07) is -0.543. The molecule has 0 saturated carbocycles. The lowest BCUT2D eigenvalue weighted by molar-refractivity contribution is -0.143. The maximum Gasteiger partial charge on any atom is 0.305 e. The number of ether oxygens (including phenoxy) is 1. The quantitative estimate of drug-likeness (QED) is 0.0320. The number of amides is 1. The largest absolute Gasteiger partial charge is 0.466 e. The highest BCUT2D eigenvalue weighted by Crippen LogP contribution is 2.19. The topological polar surface area (TPSA) is 95.9 Å². The average Bonchev–Trinajstić information content (AvgIpc) is 3.46. The van der Waals surface area contributed by atoms with Crippen LogP contribution >= 0.6 is 0 Å². The van der Waals surface area contributed by atoms with Gasteiger partial charge in [0.05, 0.1) is 25.4 Å². The van der Waals surface area contributed by atoms with Crippen LogP contribution in [0.25, 0.3) is 0 Å². The fraction of sp³-hybridized carbons (Fsp3) is 0.919. The summed E-state index contributed by atoms with van der Waals surface area (Å²) in [4.78, 5) is 24.6. The Morgan fingerprint density at radius 2 is 0.625 bits per heavy atom. The van der Waals surface area contributed by atoms with Crippen LogP contribution in [0.4, 0.5) is 0 Å². The molecular weight excluding hydrogens is 983 g/mol. The van der Waals surface area contributed by atoms with Gasteiger partial charge in [0.25, 0.3) is 0 Å². The predicted octanol–water partition coefficient (Wildman–Crippen LogP) is 23.7. The number of carbonyl (C=O) groups excluding carboxylic acids is 2. The zero-order valence-corrected chi connectivity index (χ0v) is 54.3. The van der Waals surface area contributed by atoms with Crippen LogP contribution in [0.3, 0.4) is 0 Å². The van der Waals surface area contributed by atoms with Crippen molar-refractivity contribution in [2.75, 3.05) is 13.2 Å². The third-order valence-electron chi connectivity index (χ3n) is 17.3. The molecule has 0 bridgehead atoms. The van der Waals surface area contributed by atoms with Crippen molar-refractivity contribution in [3.8, 4) is 0 Å². The molecule has 474 valence electrons. The first-order valence-corrected chi connectivity index (χ1v) is 36.6. The molecule has 0 rings (SSSR count). The number of aliphatic hydroxyl groups is 2. The molecule has 0 saturated heterocycles. The molecule has 6 heteroatoms. The number of nitrogens with one attached hydrogen (secondary N) is 1. The summed E-state index contributed by atoms with van der Waals surface area (Å²) in [7, 11) is 0. The minimum Gasteiger partial charge on any atom is -0.466 e. The summed E-state index contributed by atoms with van der Waals surface area (Å²) >= 11 is 0. The van der Waals surface area contributed by atoms with Crippen LogP contribution in [0, 0.1) is 0 Å². The molecule has 0 aromatic rings. The number of carbonyl (C=O) groups is 2. The standard InChI is InChI=1S/C74H143NO5/c1-3-5-7-9-11-13-15-17-19-20-32-35-39-42-46-50-54-58-62-66-72(77)71(70-76)75-73(78)67-63-59-55-51-47-43-40-36-33-30-28-26-24-22-21-23-25-27-29-31-34-37-41-45-49-53-57-61-65-69-80-74(79)68-64-60-56-52-48-44-38-18-16-14-12-10-8-6-4-2/h21,23,27,29,71-72,76-77H,3-20,22,24-26,28,30-70H2,1-2H3,(H,75,78)/b23-21-,29-27-. The second kappa shape index (κ2) is 69.8. The zero-order valence-electron chi connectivity index (χ0n) is 54.3. The van der Waals surface area contributed by atoms with Gasteiger partial charge in [0.15, 0.2) is 0 Å². The van der Waals surface area contributed by atoms with Gasteiger partial charge in [-0.25, -0.2) is 0 Å². The Morgan fingerprint density at radius 3 is 0.950 bits per heavy atom. The Hall–Kier alpha value is -1.66. The summed E-state index contributed by atoms with van der Waals surface area (Å²) in [5.74, 6) is -0.0160. The van der Waals surface area contributed by atoms with Gasteiger partial charge in [-0.05, 0) is 57.8 Å². The molecule has 0 aromatic carbocycles. The molecule has 0 aliphatic rings. The van der Waals surface area contributed by atoms with E-state index >= 15 is 0 Å². The number of allylic oxidation sites excluding steroid dienone is 4. The van der Waals surface area contributed by atoms with Gasteiger partial charge >= 0.3 is 5.97 Å². The maximum atomic E-state index is 12.5. The lowest BCUT2D eigenvalue weighted by Gasteiger charge is -2.22. The van der Waals surface area contributed by atoms with Crippen molar-refractivity contribution in [1.82, 2.24) is 5.32 Å². The van der Waals surface area contributed by atoms with E-state index in [1.54, 1.807) is 0 Å². The Bertz CT molecular complexity index is 1250. The van der Waals surface area contributed by atoms with Gasteiger partial charge in [-0.3, -0.25) is 9.59 Å². The molecule has 0 radical (unpaired) electrons. The highest BCUT2D eigenvalue weighted by molar-refractivity contribution is 5.76. The molecule has 0 aliphatic heterocycles. The fourth-order valence-electron chi connectivity index (χ4n) is 11.7. The minimum atomic E-state index is -0.666. The molecule has 0 heterocycles. The van der Waals surface area contributed by atoms with Gasteiger partial charge in [0, 0.05) is 12.8 Å². The van der Waals surface area contributed by atoms with Crippen LogP contribution in [-0.4, -0.2) is 47.4 Å². The van der Waals surface area contributed by atoms with E-state index in [-0.39, 0.29) is 18.5 Å². The molecule has 80 heavy (non-hydrogen) atoms. The van der Waals surface area contributed by atoms with Crippen molar-refractivity contribution < 1.29 is 24.5 Å². The Kier molecular flexibility index (Phi) is 68.4. The lowest BCUT2D eigenvalue weighted by atomic mass is 10.0. The van der Waals surface area contributed by atoms with E-state index in [1.165, 1.54) is 334 Å². The van der Waals surface area contributed by atoms with E-state index in [1.807, 2.05) is 0 Å². The zero-order chi connectivity index (χ0) is 57.8. The summed E-state index contributed by atoms with van der Waals surface area (Å²) < 4.78 is 5.50. The number of rotatable bonds is 69. The Morgan fingerprint density at radius 1 is 0.350 bits per heavy atom. The number of unbranched alkanes of at least 4 members (excludes halogenated alkanes) is 54. The van der Waals surface area contributed by atoms with E-state index in [9.17, 15) is 19.8 Å². The molecule has 0 spiro atoms. The number of esters is 1. The molecule has 3 N–H and O–H groups in total. The van der Waals surface area contributed by atoms with Gasteiger partial charge in [0.2, 0.25) is 5.91 Å². The molecule has 2 atom stereocenters. The lowest BCUT2D eigenvalue weighted by Crippen LogP contribution is -2.45. The van der Waals surface area contributed by atoms with Crippen molar-refractivity contribution in [1.29, 1.82) is 0 Å². The van der Waals surface area contributed by atoms with Gasteiger partial charge in [-0.15, -0.1) is 0 Å². The molecular formula is C74H143NO5. The van der Waals surface area contributed by atoms with Crippen LogP contribution in [0.5, 0.6) is 0 Å². The van der Waals surface area contributed by atoms with Crippen molar-refractivity contribution >= 4 is 11.9 Å². The van der Waals surface area contributed by atoms with E-state index in [0.29, 0.717) is 25.9 Å². The van der Waals surface area contributed by atoms with Crippen LogP contribution in [0.2, 0.25) is 0 Å². The second-order valence-electron chi connectivity index (χ2n) is 25.3. The molecule has 6 nitrogen and oxygen atoms in total. The second-order valence-corrected chi connectivity index (χ2v) is 25.3. The van der Waals surface area contributed by atoms with E-state index in [0.717, 1.165) is 44.9 Å². The number of aliphatic hydroxyl groups excluding tert-OH is 2. The smallest absolute Gasteiger partial charge is 0.305 e. The van der Waals surface area contributed by atoms with E-state index in [4.69, 9.17) is 4.74 Å². The van der Waals surface area contributed by atoms with Crippen LogP contribution < -0.4 is 5.32 Å². The third kappa shape index (κ3) is 65.5. The highest BCUT2D eigenvalue weighted by Gasteiger charge is 2.20. The predicted molar refractivity (Wildman–Crippen MR) is 352 cm³/mol. The molecule has 0 fully saturated rings. The van der Waals surface area contributed by atoms with Crippen molar-refractivity contribution in [2.24, 2.45) is 0 Å². The van der Waals surface area contributed by atoms with Crippen LogP contribution in [-0.2, 0) is 14.3 Å². The van der Waals surface area contributed by atoms with Crippen molar-refractivity contribution in [3.63, 3.8) is 0 Å². The minimum absolute atomic E-state index is 0.0158. The van der Waals surface area contributed by atoms with Crippen molar-refractivity contribution in [3.05, 3.63) is 24.3 Å². The first kappa shape index (κ1) is 78.3. The molecule has 2 unspecified atom stereocenters. The van der Waals surface area contributed by atoms with Crippen LogP contribution in [0.15, 0.2) is 24.3 Å².